The van der Waals surface area contributed by atoms with Crippen LogP contribution in [0.1, 0.15) is 32.8 Å². The number of para-hydroxylation sites is 1. The van der Waals surface area contributed by atoms with E-state index in [1.54, 1.807) is 30.3 Å². The molecule has 1 atom stereocenters. The molecule has 0 aliphatic heterocycles. The predicted molar refractivity (Wildman–Crippen MR) is 147 cm³/mol. The smallest absolute Gasteiger partial charge is 0.264 e. The van der Waals surface area contributed by atoms with Crippen LogP contribution in [-0.4, -0.2) is 50.3 Å². The summed E-state index contributed by atoms with van der Waals surface area (Å²) in [6.07, 6.45) is 0.850. The van der Waals surface area contributed by atoms with Gasteiger partial charge in [0.1, 0.15) is 18.4 Å². The van der Waals surface area contributed by atoms with Crippen molar-refractivity contribution in [1.82, 2.24) is 10.2 Å². The quantitative estimate of drug-likeness (QED) is 0.370. The van der Waals surface area contributed by atoms with E-state index < -0.39 is 34.3 Å². The van der Waals surface area contributed by atoms with Crippen molar-refractivity contribution in [2.24, 2.45) is 0 Å². The Morgan fingerprint density at radius 1 is 0.895 bits per heavy atom. The van der Waals surface area contributed by atoms with Gasteiger partial charge < -0.3 is 10.2 Å². The first-order valence-electron chi connectivity index (χ1n) is 12.6. The number of sulfonamides is 1. The summed E-state index contributed by atoms with van der Waals surface area (Å²) < 4.78 is 41.8. The van der Waals surface area contributed by atoms with Gasteiger partial charge in [-0.1, -0.05) is 55.5 Å². The second-order valence-electron chi connectivity index (χ2n) is 9.21. The molecule has 3 rings (SSSR count). The maximum Gasteiger partial charge on any atom is 0.264 e. The van der Waals surface area contributed by atoms with Crippen molar-refractivity contribution in [1.29, 1.82) is 0 Å². The Morgan fingerprint density at radius 3 is 2.03 bits per heavy atom. The van der Waals surface area contributed by atoms with Crippen LogP contribution in [0, 0.1) is 5.82 Å². The van der Waals surface area contributed by atoms with Crippen LogP contribution in [0.4, 0.5) is 10.1 Å². The first kappa shape index (κ1) is 28.8. The lowest BCUT2D eigenvalue weighted by molar-refractivity contribution is -0.139. The number of amides is 2. The van der Waals surface area contributed by atoms with Crippen LogP contribution in [0.3, 0.4) is 0 Å². The summed E-state index contributed by atoms with van der Waals surface area (Å²) in [6, 6.07) is 21.4. The van der Waals surface area contributed by atoms with Crippen molar-refractivity contribution in [2.75, 3.05) is 17.4 Å². The molecule has 3 aromatic rings. The number of nitrogens with one attached hydrogen (secondary N) is 1. The molecule has 0 spiro atoms. The molecular formula is C29H34FN3O4S. The molecule has 2 amide bonds. The Kier molecular flexibility index (Phi) is 10.0. The minimum Gasteiger partial charge on any atom is -0.352 e. The van der Waals surface area contributed by atoms with Gasteiger partial charge in [0.2, 0.25) is 11.8 Å². The van der Waals surface area contributed by atoms with Crippen LogP contribution >= 0.6 is 0 Å². The third-order valence-corrected chi connectivity index (χ3v) is 7.81. The van der Waals surface area contributed by atoms with Crippen molar-refractivity contribution < 1.29 is 22.4 Å². The van der Waals surface area contributed by atoms with Crippen molar-refractivity contribution in [3.8, 4) is 0 Å². The molecular weight excluding hydrogens is 505 g/mol. The van der Waals surface area contributed by atoms with Crippen molar-refractivity contribution in [2.45, 2.75) is 50.6 Å². The zero-order valence-electron chi connectivity index (χ0n) is 21.9. The van der Waals surface area contributed by atoms with Crippen LogP contribution in [-0.2, 0) is 26.0 Å². The number of benzene rings is 3. The standard InChI is InChI=1S/C29H34FN3O4S/c1-4-27(29(35)31-22(2)3)32(20-19-23-11-7-5-8-12-23)28(34)21-33(25-13-9-6-10-14-25)38(36,37)26-17-15-24(30)16-18-26/h5-18,22,27H,4,19-21H2,1-3H3,(H,31,35)/t27-/m0/s1. The first-order valence-corrected chi connectivity index (χ1v) is 14.0. The molecule has 0 radical (unpaired) electrons. The predicted octanol–water partition coefficient (Wildman–Crippen LogP) is 4.40. The van der Waals surface area contributed by atoms with E-state index in [2.05, 4.69) is 5.32 Å². The van der Waals surface area contributed by atoms with Gasteiger partial charge in [0, 0.05) is 12.6 Å². The Labute approximate surface area is 224 Å². The monoisotopic (exact) mass is 539 g/mol. The SMILES string of the molecule is CC[C@@H](C(=O)NC(C)C)N(CCc1ccccc1)C(=O)CN(c1ccccc1)S(=O)(=O)c1ccc(F)cc1. The maximum absolute atomic E-state index is 13.9. The Bertz CT molecular complexity index is 1300. The highest BCUT2D eigenvalue weighted by Crippen LogP contribution is 2.24. The van der Waals surface area contributed by atoms with Gasteiger partial charge in [-0.15, -0.1) is 0 Å². The van der Waals surface area contributed by atoms with Gasteiger partial charge in [0.05, 0.1) is 10.6 Å². The minimum atomic E-state index is -4.22. The van der Waals surface area contributed by atoms with E-state index in [-0.39, 0.29) is 29.1 Å². The topological polar surface area (TPSA) is 86.8 Å². The summed E-state index contributed by atoms with van der Waals surface area (Å²) in [5.41, 5.74) is 1.27. The summed E-state index contributed by atoms with van der Waals surface area (Å²) >= 11 is 0. The van der Waals surface area contributed by atoms with Gasteiger partial charge in [0.15, 0.2) is 0 Å². The molecule has 0 fully saturated rings. The van der Waals surface area contributed by atoms with Gasteiger partial charge in [-0.2, -0.15) is 0 Å². The molecule has 7 nitrogen and oxygen atoms in total. The highest BCUT2D eigenvalue weighted by atomic mass is 32.2. The molecule has 1 N–H and O–H groups in total. The van der Waals surface area contributed by atoms with Crippen LogP contribution in [0.2, 0.25) is 0 Å². The van der Waals surface area contributed by atoms with Crippen molar-refractivity contribution in [3.05, 3.63) is 96.3 Å². The third kappa shape index (κ3) is 7.41. The number of nitrogens with zero attached hydrogens (tertiary/aromatic N) is 2. The molecule has 9 heteroatoms. The normalized spacial score (nSPS) is 12.1. The fourth-order valence-electron chi connectivity index (χ4n) is 4.13. The van der Waals surface area contributed by atoms with Gasteiger partial charge in [0.25, 0.3) is 10.0 Å². The Morgan fingerprint density at radius 2 is 1.47 bits per heavy atom. The van der Waals surface area contributed by atoms with E-state index in [1.165, 1.54) is 17.0 Å². The van der Waals surface area contributed by atoms with E-state index in [0.29, 0.717) is 12.8 Å². The van der Waals surface area contributed by atoms with Crippen molar-refractivity contribution in [3.63, 3.8) is 0 Å². The maximum atomic E-state index is 13.9. The summed E-state index contributed by atoms with van der Waals surface area (Å²) in [7, 11) is -4.22. The number of halogens is 1. The van der Waals surface area contributed by atoms with Crippen molar-refractivity contribution >= 4 is 27.5 Å². The minimum absolute atomic E-state index is 0.123. The molecule has 0 aliphatic rings. The van der Waals surface area contributed by atoms with Gasteiger partial charge in [-0.25, -0.2) is 12.8 Å². The number of carbonyl (C=O) groups is 2. The van der Waals surface area contributed by atoms with Gasteiger partial charge in [-0.3, -0.25) is 13.9 Å². The molecule has 0 unspecified atom stereocenters. The summed E-state index contributed by atoms with van der Waals surface area (Å²) in [5.74, 6) is -1.38. The molecule has 202 valence electrons. The largest absolute Gasteiger partial charge is 0.352 e. The van der Waals surface area contributed by atoms with Crippen LogP contribution in [0.5, 0.6) is 0 Å². The Balaban J connectivity index is 1.98. The fraction of sp³-hybridized carbons (Fsp3) is 0.310. The molecule has 0 aromatic heterocycles. The second kappa shape index (κ2) is 13.2. The zero-order valence-corrected chi connectivity index (χ0v) is 22.7. The average Bonchev–Trinajstić information content (AvgIpc) is 2.90. The molecule has 0 saturated heterocycles. The third-order valence-electron chi connectivity index (χ3n) is 6.03. The van der Waals surface area contributed by atoms with Gasteiger partial charge in [-0.05, 0) is 68.7 Å². The number of anilines is 1. The lowest BCUT2D eigenvalue weighted by Crippen LogP contribution is -2.54. The molecule has 0 heterocycles. The lowest BCUT2D eigenvalue weighted by Gasteiger charge is -2.33. The van der Waals surface area contributed by atoms with Crippen LogP contribution < -0.4 is 9.62 Å². The lowest BCUT2D eigenvalue weighted by atomic mass is 10.1. The summed E-state index contributed by atoms with van der Waals surface area (Å²) in [5, 5.41) is 2.87. The summed E-state index contributed by atoms with van der Waals surface area (Å²) in [6.45, 7) is 5.20. The highest BCUT2D eigenvalue weighted by molar-refractivity contribution is 7.92. The average molecular weight is 540 g/mol. The molecule has 0 bridgehead atoms. The summed E-state index contributed by atoms with van der Waals surface area (Å²) in [4.78, 5) is 28.2. The highest BCUT2D eigenvalue weighted by Gasteiger charge is 2.33. The van der Waals surface area contributed by atoms with E-state index in [4.69, 9.17) is 0 Å². The van der Waals surface area contributed by atoms with Gasteiger partial charge >= 0.3 is 0 Å². The fourth-order valence-corrected chi connectivity index (χ4v) is 5.55. The zero-order chi connectivity index (χ0) is 27.7. The van der Waals surface area contributed by atoms with E-state index >= 15 is 0 Å². The first-order chi connectivity index (χ1) is 18.1. The molecule has 0 aliphatic carbocycles. The Hall–Kier alpha value is -3.72. The molecule has 0 saturated carbocycles. The molecule has 38 heavy (non-hydrogen) atoms. The second-order valence-corrected chi connectivity index (χ2v) is 11.1. The number of rotatable bonds is 12. The van der Waals surface area contributed by atoms with E-state index in [0.717, 1.165) is 22.0 Å². The number of hydrogen-bond acceptors (Lipinski definition) is 4. The number of carbonyl (C=O) groups excluding carboxylic acids is 2. The molecule has 3 aromatic carbocycles. The van der Waals surface area contributed by atoms with E-state index in [1.807, 2.05) is 51.1 Å². The van der Waals surface area contributed by atoms with Crippen LogP contribution in [0.25, 0.3) is 0 Å². The number of hydrogen-bond donors (Lipinski definition) is 1. The van der Waals surface area contributed by atoms with Crippen LogP contribution in [0.15, 0.2) is 89.8 Å². The van der Waals surface area contributed by atoms with E-state index in [9.17, 15) is 22.4 Å².